The number of hydrogen-bond acceptors (Lipinski definition) is 4. The van der Waals surface area contributed by atoms with Gasteiger partial charge < -0.3 is 14.9 Å². The highest BCUT2D eigenvalue weighted by Gasteiger charge is 2.41. The quantitative estimate of drug-likeness (QED) is 0.864. The highest BCUT2D eigenvalue weighted by atomic mass is 16.2. The molecule has 1 atom stereocenters. The standard InChI is InChI=1S/C18H26N6O/c25-17-2-5-18(12-24(17)7-3-15-8-19-13-21-15)4-1-6-23(11-18)10-16-9-20-14-22-16/h8-9,13-14H,1-7,10-12H2,(H,19,21)(H,20,22)/t18-/m1/s1. The fourth-order valence-electron chi connectivity index (χ4n) is 4.37. The van der Waals surface area contributed by atoms with E-state index in [9.17, 15) is 4.79 Å². The van der Waals surface area contributed by atoms with Gasteiger partial charge in [-0.1, -0.05) is 0 Å². The van der Waals surface area contributed by atoms with E-state index in [2.05, 4.69) is 29.7 Å². The number of carbonyl (C=O) groups is 1. The van der Waals surface area contributed by atoms with Crippen molar-refractivity contribution >= 4 is 5.91 Å². The zero-order valence-corrected chi connectivity index (χ0v) is 14.6. The van der Waals surface area contributed by atoms with E-state index in [0.717, 1.165) is 51.3 Å². The third kappa shape index (κ3) is 3.76. The maximum absolute atomic E-state index is 12.4. The van der Waals surface area contributed by atoms with Gasteiger partial charge in [0.1, 0.15) is 0 Å². The van der Waals surface area contributed by atoms with Crippen LogP contribution in [0.15, 0.2) is 25.0 Å². The predicted octanol–water partition coefficient (Wildman–Crippen LogP) is 1.58. The summed E-state index contributed by atoms with van der Waals surface area (Å²) in [6.45, 7) is 4.79. The highest BCUT2D eigenvalue weighted by Crippen LogP contribution is 2.39. The second-order valence-corrected chi connectivity index (χ2v) is 7.53. The number of carbonyl (C=O) groups excluding carboxylic acids is 1. The summed E-state index contributed by atoms with van der Waals surface area (Å²) in [7, 11) is 0. The zero-order chi connectivity index (χ0) is 17.1. The maximum Gasteiger partial charge on any atom is 0.222 e. The van der Waals surface area contributed by atoms with Crippen LogP contribution in [0.4, 0.5) is 0 Å². The van der Waals surface area contributed by atoms with Crippen LogP contribution >= 0.6 is 0 Å². The molecule has 0 saturated carbocycles. The number of likely N-dealkylation sites (tertiary alicyclic amines) is 2. The van der Waals surface area contributed by atoms with Crippen LogP contribution in [0.2, 0.25) is 0 Å². The Kier molecular flexibility index (Phi) is 4.57. The van der Waals surface area contributed by atoms with Crippen molar-refractivity contribution < 1.29 is 4.79 Å². The van der Waals surface area contributed by atoms with Crippen LogP contribution in [-0.2, 0) is 17.8 Å². The maximum atomic E-state index is 12.4. The van der Waals surface area contributed by atoms with Gasteiger partial charge in [0.2, 0.25) is 5.91 Å². The van der Waals surface area contributed by atoms with Crippen LogP contribution in [0.1, 0.15) is 37.1 Å². The van der Waals surface area contributed by atoms with Crippen LogP contribution in [0, 0.1) is 5.41 Å². The highest BCUT2D eigenvalue weighted by molar-refractivity contribution is 5.77. The minimum atomic E-state index is 0.250. The molecule has 1 amide bonds. The SMILES string of the molecule is O=C1CC[C@@]2(CCCN(Cc3cnc[nH]3)C2)CN1CCc1cnc[nH]1. The lowest BCUT2D eigenvalue weighted by atomic mass is 9.73. The Hall–Kier alpha value is -2.15. The second kappa shape index (κ2) is 7.00. The first-order chi connectivity index (χ1) is 12.2. The van der Waals surface area contributed by atoms with Gasteiger partial charge in [-0.2, -0.15) is 0 Å². The summed E-state index contributed by atoms with van der Waals surface area (Å²) < 4.78 is 0. The summed E-state index contributed by atoms with van der Waals surface area (Å²) >= 11 is 0. The Morgan fingerprint density at radius 3 is 2.64 bits per heavy atom. The number of amides is 1. The van der Waals surface area contributed by atoms with Crippen LogP contribution in [0.5, 0.6) is 0 Å². The molecule has 0 unspecified atom stereocenters. The van der Waals surface area contributed by atoms with Gasteiger partial charge in [0.25, 0.3) is 0 Å². The zero-order valence-electron chi connectivity index (χ0n) is 14.6. The predicted molar refractivity (Wildman–Crippen MR) is 93.6 cm³/mol. The molecule has 2 aliphatic rings. The van der Waals surface area contributed by atoms with Crippen LogP contribution < -0.4 is 0 Å². The van der Waals surface area contributed by atoms with E-state index in [1.54, 1.807) is 12.7 Å². The molecule has 0 aromatic carbocycles. The summed E-state index contributed by atoms with van der Waals surface area (Å²) in [5.41, 5.74) is 2.51. The third-order valence-electron chi connectivity index (χ3n) is 5.64. The van der Waals surface area contributed by atoms with Gasteiger partial charge in [0.05, 0.1) is 12.7 Å². The molecular formula is C18H26N6O. The third-order valence-corrected chi connectivity index (χ3v) is 5.64. The van der Waals surface area contributed by atoms with Crippen LogP contribution in [0.25, 0.3) is 0 Å². The minimum absolute atomic E-state index is 0.250. The number of piperidine rings is 2. The van der Waals surface area contributed by atoms with Crippen molar-refractivity contribution in [1.29, 1.82) is 0 Å². The van der Waals surface area contributed by atoms with Gasteiger partial charge in [0, 0.05) is 68.2 Å². The molecular weight excluding hydrogens is 316 g/mol. The van der Waals surface area contributed by atoms with Crippen molar-refractivity contribution in [3.63, 3.8) is 0 Å². The van der Waals surface area contributed by atoms with Crippen LogP contribution in [-0.4, -0.2) is 61.8 Å². The van der Waals surface area contributed by atoms with Gasteiger partial charge in [-0.15, -0.1) is 0 Å². The lowest BCUT2D eigenvalue weighted by Gasteiger charge is -2.48. The minimum Gasteiger partial charge on any atom is -0.348 e. The van der Waals surface area contributed by atoms with Crippen molar-refractivity contribution in [3.8, 4) is 0 Å². The lowest BCUT2D eigenvalue weighted by Crippen LogP contribution is -2.54. The molecule has 25 heavy (non-hydrogen) atoms. The van der Waals surface area contributed by atoms with E-state index in [1.165, 1.54) is 18.5 Å². The molecule has 0 radical (unpaired) electrons. The molecule has 7 heteroatoms. The summed E-state index contributed by atoms with van der Waals surface area (Å²) in [5, 5.41) is 0. The Morgan fingerprint density at radius 1 is 1.08 bits per heavy atom. The monoisotopic (exact) mass is 342 g/mol. The summed E-state index contributed by atoms with van der Waals surface area (Å²) in [4.78, 5) is 31.5. The molecule has 2 aromatic heterocycles. The number of aromatic nitrogens is 4. The Balaban J connectivity index is 1.39. The molecule has 4 heterocycles. The molecule has 2 N–H and O–H groups in total. The van der Waals surface area contributed by atoms with E-state index < -0.39 is 0 Å². The molecule has 2 fully saturated rings. The van der Waals surface area contributed by atoms with Crippen molar-refractivity contribution in [3.05, 3.63) is 36.4 Å². The van der Waals surface area contributed by atoms with E-state index in [-0.39, 0.29) is 5.41 Å². The summed E-state index contributed by atoms with van der Waals surface area (Å²) in [5.74, 6) is 0.302. The largest absolute Gasteiger partial charge is 0.348 e. The first kappa shape index (κ1) is 16.3. The second-order valence-electron chi connectivity index (χ2n) is 7.53. The average molecular weight is 342 g/mol. The number of nitrogens with zero attached hydrogens (tertiary/aromatic N) is 4. The van der Waals surface area contributed by atoms with E-state index >= 15 is 0 Å². The molecule has 2 aromatic rings. The normalized spacial score (nSPS) is 25.0. The fraction of sp³-hybridized carbons (Fsp3) is 0.611. The van der Waals surface area contributed by atoms with E-state index in [1.807, 2.05) is 12.4 Å². The van der Waals surface area contributed by atoms with Crippen molar-refractivity contribution in [2.45, 2.75) is 38.6 Å². The summed E-state index contributed by atoms with van der Waals surface area (Å²) in [6, 6.07) is 0. The molecule has 4 rings (SSSR count). The van der Waals surface area contributed by atoms with Gasteiger partial charge >= 0.3 is 0 Å². The van der Waals surface area contributed by atoms with Crippen LogP contribution in [0.3, 0.4) is 0 Å². The van der Waals surface area contributed by atoms with Gasteiger partial charge in [-0.25, -0.2) is 9.97 Å². The fourth-order valence-corrected chi connectivity index (χ4v) is 4.37. The average Bonchev–Trinajstić information content (AvgIpc) is 3.30. The van der Waals surface area contributed by atoms with Gasteiger partial charge in [-0.05, 0) is 25.8 Å². The van der Waals surface area contributed by atoms with Crippen molar-refractivity contribution in [1.82, 2.24) is 29.7 Å². The smallest absolute Gasteiger partial charge is 0.222 e. The molecule has 2 saturated heterocycles. The molecule has 2 aliphatic heterocycles. The molecule has 134 valence electrons. The lowest BCUT2D eigenvalue weighted by molar-refractivity contribution is -0.139. The topological polar surface area (TPSA) is 80.9 Å². The molecule has 1 spiro atoms. The first-order valence-electron chi connectivity index (χ1n) is 9.17. The molecule has 0 bridgehead atoms. The van der Waals surface area contributed by atoms with Gasteiger partial charge in [-0.3, -0.25) is 9.69 Å². The summed E-state index contributed by atoms with van der Waals surface area (Å²) in [6.07, 6.45) is 12.2. The van der Waals surface area contributed by atoms with Crippen molar-refractivity contribution in [2.75, 3.05) is 26.2 Å². The number of imidazole rings is 2. The molecule has 7 nitrogen and oxygen atoms in total. The number of hydrogen-bond donors (Lipinski definition) is 2. The Morgan fingerprint density at radius 2 is 1.88 bits per heavy atom. The molecule has 0 aliphatic carbocycles. The number of nitrogens with one attached hydrogen (secondary N) is 2. The first-order valence-corrected chi connectivity index (χ1v) is 9.17. The van der Waals surface area contributed by atoms with Crippen molar-refractivity contribution in [2.24, 2.45) is 5.41 Å². The van der Waals surface area contributed by atoms with E-state index in [4.69, 9.17) is 0 Å². The van der Waals surface area contributed by atoms with E-state index in [0.29, 0.717) is 12.3 Å². The number of rotatable bonds is 5. The number of H-pyrrole nitrogens is 2. The Labute approximate surface area is 147 Å². The van der Waals surface area contributed by atoms with Gasteiger partial charge in [0.15, 0.2) is 0 Å². The Bertz CT molecular complexity index is 683. The number of aromatic amines is 2.